The first-order valence-electron chi connectivity index (χ1n) is 9.61. The fourth-order valence-corrected chi connectivity index (χ4v) is 3.33. The number of nitrogens with zero attached hydrogens (tertiary/aromatic N) is 1. The molecule has 1 fully saturated rings. The number of ether oxygens (including phenoxy) is 1. The van der Waals surface area contributed by atoms with E-state index in [1.807, 2.05) is 25.7 Å². The highest BCUT2D eigenvalue weighted by atomic mass is 16.6. The fraction of sp³-hybridized carbons (Fsp3) is 0.591. The van der Waals surface area contributed by atoms with Crippen LogP contribution in [0.2, 0.25) is 0 Å². The molecule has 1 aromatic rings. The van der Waals surface area contributed by atoms with Crippen molar-refractivity contribution in [1.82, 2.24) is 4.90 Å². The van der Waals surface area contributed by atoms with E-state index in [-0.39, 0.29) is 6.09 Å². The minimum absolute atomic E-state index is 0.181. The van der Waals surface area contributed by atoms with E-state index in [0.29, 0.717) is 5.92 Å². The molecule has 1 aromatic carbocycles. The van der Waals surface area contributed by atoms with Gasteiger partial charge in [-0.1, -0.05) is 44.2 Å². The van der Waals surface area contributed by atoms with Gasteiger partial charge >= 0.3 is 6.09 Å². The standard InChI is InChI=1S/C22H33NO2/c1-6-18-9-8-10-19(7-2)20(18)12-11-17-13-15-23(16-14-17)21(24)25-22(3,4)5/h8-12,17H,6-7,13-16H2,1-5H3/b12-11+. The molecule has 1 aliphatic heterocycles. The van der Waals surface area contributed by atoms with Crippen LogP contribution in [0.15, 0.2) is 24.3 Å². The molecule has 0 aromatic heterocycles. The van der Waals surface area contributed by atoms with E-state index in [2.05, 4.69) is 44.2 Å². The van der Waals surface area contributed by atoms with Crippen LogP contribution in [0.3, 0.4) is 0 Å². The third kappa shape index (κ3) is 5.62. The quantitative estimate of drug-likeness (QED) is 0.725. The third-order valence-corrected chi connectivity index (χ3v) is 4.77. The molecule has 0 unspecified atom stereocenters. The molecule has 0 radical (unpaired) electrons. The number of carbonyl (C=O) groups excluding carboxylic acids is 1. The van der Waals surface area contributed by atoms with E-state index in [1.54, 1.807) is 0 Å². The topological polar surface area (TPSA) is 29.5 Å². The number of piperidine rings is 1. The Balaban J connectivity index is 1.96. The molecule has 1 amide bonds. The summed E-state index contributed by atoms with van der Waals surface area (Å²) in [4.78, 5) is 14.0. The lowest BCUT2D eigenvalue weighted by Gasteiger charge is -2.32. The lowest BCUT2D eigenvalue weighted by molar-refractivity contribution is 0.0197. The SMILES string of the molecule is CCc1cccc(CC)c1/C=C/C1CCN(C(=O)OC(C)(C)C)CC1. The van der Waals surface area contributed by atoms with Gasteiger partial charge in [-0.25, -0.2) is 4.79 Å². The van der Waals surface area contributed by atoms with E-state index < -0.39 is 5.60 Å². The Labute approximate surface area is 153 Å². The van der Waals surface area contributed by atoms with Gasteiger partial charge in [-0.2, -0.15) is 0 Å². The number of hydrogen-bond acceptors (Lipinski definition) is 2. The van der Waals surface area contributed by atoms with Crippen molar-refractivity contribution in [3.63, 3.8) is 0 Å². The third-order valence-electron chi connectivity index (χ3n) is 4.77. The summed E-state index contributed by atoms with van der Waals surface area (Å²) in [6.45, 7) is 11.7. The molecule has 25 heavy (non-hydrogen) atoms. The van der Waals surface area contributed by atoms with E-state index >= 15 is 0 Å². The highest BCUT2D eigenvalue weighted by Gasteiger charge is 2.25. The molecule has 0 aliphatic carbocycles. The fourth-order valence-electron chi connectivity index (χ4n) is 3.33. The minimum atomic E-state index is -0.422. The highest BCUT2D eigenvalue weighted by molar-refractivity contribution is 5.68. The van der Waals surface area contributed by atoms with Gasteiger partial charge in [-0.3, -0.25) is 0 Å². The number of carbonyl (C=O) groups is 1. The molecule has 0 spiro atoms. The molecule has 1 aliphatic rings. The molecule has 0 atom stereocenters. The summed E-state index contributed by atoms with van der Waals surface area (Å²) in [5.74, 6) is 0.535. The van der Waals surface area contributed by atoms with Gasteiger partial charge in [0, 0.05) is 13.1 Å². The second-order valence-electron chi connectivity index (χ2n) is 7.86. The van der Waals surface area contributed by atoms with Gasteiger partial charge in [-0.05, 0) is 69.1 Å². The van der Waals surface area contributed by atoms with Crippen molar-refractivity contribution in [3.05, 3.63) is 41.0 Å². The summed E-state index contributed by atoms with van der Waals surface area (Å²) < 4.78 is 5.47. The Bertz CT molecular complexity index is 583. The predicted molar refractivity (Wildman–Crippen MR) is 105 cm³/mol. The van der Waals surface area contributed by atoms with Gasteiger partial charge < -0.3 is 9.64 Å². The number of rotatable bonds is 4. The average molecular weight is 344 g/mol. The van der Waals surface area contributed by atoms with Crippen LogP contribution in [0.1, 0.15) is 64.2 Å². The number of benzene rings is 1. The maximum absolute atomic E-state index is 12.2. The summed E-state index contributed by atoms with van der Waals surface area (Å²) in [7, 11) is 0. The van der Waals surface area contributed by atoms with Crippen LogP contribution in [0.25, 0.3) is 6.08 Å². The average Bonchev–Trinajstić information content (AvgIpc) is 2.58. The summed E-state index contributed by atoms with van der Waals surface area (Å²) >= 11 is 0. The molecular formula is C22H33NO2. The van der Waals surface area contributed by atoms with Gasteiger partial charge in [0.05, 0.1) is 0 Å². The maximum Gasteiger partial charge on any atom is 0.410 e. The second kappa shape index (κ2) is 8.55. The monoisotopic (exact) mass is 343 g/mol. The van der Waals surface area contributed by atoms with Gasteiger partial charge in [0.15, 0.2) is 0 Å². The molecule has 2 rings (SSSR count). The lowest BCUT2D eigenvalue weighted by Crippen LogP contribution is -2.41. The van der Waals surface area contributed by atoms with Crippen molar-refractivity contribution < 1.29 is 9.53 Å². The van der Waals surface area contributed by atoms with Crippen LogP contribution in [-0.4, -0.2) is 29.7 Å². The normalized spacial score (nSPS) is 16.4. The van der Waals surface area contributed by atoms with Crippen LogP contribution < -0.4 is 0 Å². The molecule has 3 heteroatoms. The van der Waals surface area contributed by atoms with Crippen LogP contribution in [0.5, 0.6) is 0 Å². The number of hydrogen-bond donors (Lipinski definition) is 0. The van der Waals surface area contributed by atoms with Gasteiger partial charge in [0.2, 0.25) is 0 Å². The summed E-state index contributed by atoms with van der Waals surface area (Å²) in [5, 5.41) is 0. The largest absolute Gasteiger partial charge is 0.444 e. The molecular weight excluding hydrogens is 310 g/mol. The first-order chi connectivity index (χ1) is 11.8. The van der Waals surface area contributed by atoms with E-state index in [9.17, 15) is 4.79 Å². The van der Waals surface area contributed by atoms with E-state index in [4.69, 9.17) is 4.74 Å². The molecule has 0 N–H and O–H groups in total. The zero-order valence-corrected chi connectivity index (χ0v) is 16.5. The van der Waals surface area contributed by atoms with Crippen molar-refractivity contribution in [2.24, 2.45) is 5.92 Å². The van der Waals surface area contributed by atoms with Crippen molar-refractivity contribution in [1.29, 1.82) is 0 Å². The zero-order chi connectivity index (χ0) is 18.4. The van der Waals surface area contributed by atoms with Crippen LogP contribution >= 0.6 is 0 Å². The highest BCUT2D eigenvalue weighted by Crippen LogP contribution is 2.24. The van der Waals surface area contributed by atoms with Crippen molar-refractivity contribution in [3.8, 4) is 0 Å². The Morgan fingerprint density at radius 3 is 2.20 bits per heavy atom. The Morgan fingerprint density at radius 1 is 1.16 bits per heavy atom. The predicted octanol–water partition coefficient (Wildman–Crippen LogP) is 5.47. The van der Waals surface area contributed by atoms with E-state index in [0.717, 1.165) is 38.8 Å². The van der Waals surface area contributed by atoms with Crippen LogP contribution in [0.4, 0.5) is 4.79 Å². The number of allylic oxidation sites excluding steroid dienone is 1. The van der Waals surface area contributed by atoms with Gasteiger partial charge in [-0.15, -0.1) is 0 Å². The molecule has 0 bridgehead atoms. The second-order valence-corrected chi connectivity index (χ2v) is 7.86. The first kappa shape index (κ1) is 19.6. The Hall–Kier alpha value is -1.77. The summed E-state index contributed by atoms with van der Waals surface area (Å²) in [6.07, 6.45) is 8.61. The van der Waals surface area contributed by atoms with Crippen molar-refractivity contribution in [2.45, 2.75) is 65.9 Å². The van der Waals surface area contributed by atoms with E-state index in [1.165, 1.54) is 16.7 Å². The summed E-state index contributed by atoms with van der Waals surface area (Å²) in [5.41, 5.74) is 3.81. The number of likely N-dealkylation sites (tertiary alicyclic amines) is 1. The van der Waals surface area contributed by atoms with Crippen LogP contribution in [0, 0.1) is 5.92 Å². The molecule has 1 heterocycles. The zero-order valence-electron chi connectivity index (χ0n) is 16.5. The summed E-state index contributed by atoms with van der Waals surface area (Å²) in [6, 6.07) is 6.61. The van der Waals surface area contributed by atoms with Crippen molar-refractivity contribution in [2.75, 3.05) is 13.1 Å². The van der Waals surface area contributed by atoms with Gasteiger partial charge in [0.25, 0.3) is 0 Å². The minimum Gasteiger partial charge on any atom is -0.444 e. The molecule has 138 valence electrons. The van der Waals surface area contributed by atoms with Gasteiger partial charge in [0.1, 0.15) is 5.60 Å². The lowest BCUT2D eigenvalue weighted by atomic mass is 9.92. The van der Waals surface area contributed by atoms with Crippen molar-refractivity contribution >= 4 is 12.2 Å². The number of aryl methyl sites for hydroxylation is 2. The molecule has 0 saturated carbocycles. The Morgan fingerprint density at radius 2 is 1.72 bits per heavy atom. The smallest absolute Gasteiger partial charge is 0.410 e. The van der Waals surface area contributed by atoms with Crippen LogP contribution in [-0.2, 0) is 17.6 Å². The molecule has 3 nitrogen and oxygen atoms in total. The maximum atomic E-state index is 12.2. The number of amides is 1. The first-order valence-corrected chi connectivity index (χ1v) is 9.61. The Kier molecular flexibility index (Phi) is 6.69. The molecule has 1 saturated heterocycles.